The molecule has 1 aromatic rings. The normalized spacial score (nSPS) is 32.9. The van der Waals surface area contributed by atoms with Gasteiger partial charge in [-0.05, 0) is 93.5 Å². The molecule has 5 unspecified atom stereocenters. The summed E-state index contributed by atoms with van der Waals surface area (Å²) < 4.78 is 22.3. The van der Waals surface area contributed by atoms with Gasteiger partial charge in [-0.2, -0.15) is 0 Å². The van der Waals surface area contributed by atoms with Crippen LogP contribution in [-0.2, 0) is 15.9 Å². The van der Waals surface area contributed by atoms with Crippen molar-refractivity contribution >= 4 is 0 Å². The van der Waals surface area contributed by atoms with Gasteiger partial charge in [0.2, 0.25) is 6.79 Å². The molecule has 1 aromatic carbocycles. The van der Waals surface area contributed by atoms with E-state index in [0.29, 0.717) is 25.8 Å². The van der Waals surface area contributed by atoms with Gasteiger partial charge >= 0.3 is 0 Å². The van der Waals surface area contributed by atoms with Gasteiger partial charge in [0.1, 0.15) is 6.79 Å². The van der Waals surface area contributed by atoms with Crippen LogP contribution < -0.4 is 14.8 Å². The molecule has 0 bridgehead atoms. The number of ether oxygens (including phenoxy) is 4. The maximum absolute atomic E-state index is 5.73. The third-order valence-corrected chi connectivity index (χ3v) is 7.68. The Labute approximate surface area is 180 Å². The Morgan fingerprint density at radius 1 is 0.800 bits per heavy atom. The summed E-state index contributed by atoms with van der Waals surface area (Å²) in [7, 11) is 0. The molecule has 30 heavy (non-hydrogen) atoms. The second-order valence-electron chi connectivity index (χ2n) is 9.84. The number of hydrogen-bond donors (Lipinski definition) is 1. The number of fused-ring (bicyclic) bond motifs is 2. The Morgan fingerprint density at radius 3 is 2.60 bits per heavy atom. The standard InChI is InChI=1S/C25H37NO4/c1(5-19-7-9-22-24(12-19)29-16-27-22)3-18-4-2-6-20(11-18)14-26-15-21-8-10-23-25(13-21)30-17-28-23/h7,9,12,18,20-21,23,25-26H,1-6,8,10-11,13-17H2. The molecule has 5 nitrogen and oxygen atoms in total. The summed E-state index contributed by atoms with van der Waals surface area (Å²) in [6.07, 6.45) is 13.8. The van der Waals surface area contributed by atoms with E-state index in [2.05, 4.69) is 23.5 Å². The van der Waals surface area contributed by atoms with Crippen LogP contribution in [0.2, 0.25) is 0 Å². The molecular formula is C25H37NO4. The van der Waals surface area contributed by atoms with Gasteiger partial charge in [0.05, 0.1) is 12.2 Å². The van der Waals surface area contributed by atoms with Crippen LogP contribution in [-0.4, -0.2) is 38.9 Å². The first-order valence-electron chi connectivity index (χ1n) is 12.2. The third kappa shape index (κ3) is 5.12. The molecule has 2 saturated carbocycles. The molecule has 166 valence electrons. The molecule has 3 fully saturated rings. The van der Waals surface area contributed by atoms with Crippen molar-refractivity contribution in [3.8, 4) is 11.5 Å². The lowest BCUT2D eigenvalue weighted by molar-refractivity contribution is 0.0388. The first-order valence-corrected chi connectivity index (χ1v) is 12.2. The molecule has 2 aliphatic heterocycles. The maximum atomic E-state index is 5.73. The highest BCUT2D eigenvalue weighted by molar-refractivity contribution is 5.44. The van der Waals surface area contributed by atoms with Crippen molar-refractivity contribution < 1.29 is 18.9 Å². The molecule has 0 radical (unpaired) electrons. The summed E-state index contributed by atoms with van der Waals surface area (Å²) in [5, 5.41) is 3.81. The van der Waals surface area contributed by atoms with Gasteiger partial charge in [0.15, 0.2) is 11.5 Å². The lowest BCUT2D eigenvalue weighted by Gasteiger charge is -2.32. The fraction of sp³-hybridized carbons (Fsp3) is 0.760. The molecule has 1 saturated heterocycles. The molecule has 1 N–H and O–H groups in total. The van der Waals surface area contributed by atoms with Crippen LogP contribution in [0.3, 0.4) is 0 Å². The zero-order valence-corrected chi connectivity index (χ0v) is 18.2. The second kappa shape index (κ2) is 9.88. The highest BCUT2D eigenvalue weighted by Gasteiger charge is 2.35. The molecule has 0 amide bonds. The lowest BCUT2D eigenvalue weighted by atomic mass is 9.78. The zero-order valence-electron chi connectivity index (χ0n) is 18.2. The van der Waals surface area contributed by atoms with Gasteiger partial charge in [0, 0.05) is 0 Å². The van der Waals surface area contributed by atoms with E-state index in [9.17, 15) is 0 Å². The van der Waals surface area contributed by atoms with Crippen molar-refractivity contribution in [2.45, 2.75) is 76.4 Å². The number of aryl methyl sites for hydroxylation is 1. The summed E-state index contributed by atoms with van der Waals surface area (Å²) in [5.41, 5.74) is 1.37. The minimum absolute atomic E-state index is 0.356. The van der Waals surface area contributed by atoms with Gasteiger partial charge in [-0.25, -0.2) is 0 Å². The van der Waals surface area contributed by atoms with Crippen LogP contribution in [0.5, 0.6) is 11.5 Å². The number of nitrogens with one attached hydrogen (secondary N) is 1. The smallest absolute Gasteiger partial charge is 0.231 e. The van der Waals surface area contributed by atoms with Crippen molar-refractivity contribution in [1.29, 1.82) is 0 Å². The van der Waals surface area contributed by atoms with E-state index in [1.807, 2.05) is 0 Å². The lowest BCUT2D eigenvalue weighted by Crippen LogP contribution is -2.37. The predicted octanol–water partition coefficient (Wildman–Crippen LogP) is 4.68. The average molecular weight is 416 g/mol. The molecular weight excluding hydrogens is 378 g/mol. The van der Waals surface area contributed by atoms with Crippen LogP contribution in [0.15, 0.2) is 18.2 Å². The zero-order chi connectivity index (χ0) is 20.2. The van der Waals surface area contributed by atoms with Gasteiger partial charge < -0.3 is 24.3 Å². The molecule has 4 aliphatic rings. The average Bonchev–Trinajstić information content (AvgIpc) is 3.42. The van der Waals surface area contributed by atoms with E-state index in [1.54, 1.807) is 0 Å². The van der Waals surface area contributed by atoms with E-state index in [-0.39, 0.29) is 0 Å². The van der Waals surface area contributed by atoms with Crippen LogP contribution in [0.25, 0.3) is 0 Å². The molecule has 5 atom stereocenters. The van der Waals surface area contributed by atoms with Crippen molar-refractivity contribution in [3.05, 3.63) is 23.8 Å². The molecule has 2 aliphatic carbocycles. The summed E-state index contributed by atoms with van der Waals surface area (Å²) in [6.45, 7) is 3.21. The van der Waals surface area contributed by atoms with Crippen LogP contribution in [0, 0.1) is 17.8 Å². The Morgan fingerprint density at radius 2 is 1.63 bits per heavy atom. The molecule has 2 heterocycles. The number of benzene rings is 1. The van der Waals surface area contributed by atoms with Crippen molar-refractivity contribution in [2.75, 3.05) is 26.7 Å². The largest absolute Gasteiger partial charge is 0.454 e. The molecule has 5 heteroatoms. The fourth-order valence-corrected chi connectivity index (χ4v) is 5.98. The summed E-state index contributed by atoms with van der Waals surface area (Å²) >= 11 is 0. The van der Waals surface area contributed by atoms with Gasteiger partial charge in [0.25, 0.3) is 0 Å². The van der Waals surface area contributed by atoms with Crippen LogP contribution in [0.1, 0.15) is 63.4 Å². The highest BCUT2D eigenvalue weighted by atomic mass is 16.7. The van der Waals surface area contributed by atoms with Gasteiger partial charge in [-0.1, -0.05) is 25.3 Å². The maximum Gasteiger partial charge on any atom is 0.231 e. The number of hydrogen-bond acceptors (Lipinski definition) is 5. The third-order valence-electron chi connectivity index (χ3n) is 7.68. The Balaban J connectivity index is 0.987. The van der Waals surface area contributed by atoms with E-state index in [1.165, 1.54) is 69.9 Å². The van der Waals surface area contributed by atoms with Crippen molar-refractivity contribution in [1.82, 2.24) is 5.32 Å². The minimum Gasteiger partial charge on any atom is -0.454 e. The summed E-state index contributed by atoms with van der Waals surface area (Å²) in [4.78, 5) is 0. The fourth-order valence-electron chi connectivity index (χ4n) is 5.98. The Bertz CT molecular complexity index is 696. The molecule has 0 aromatic heterocycles. The SMILES string of the molecule is c1cc2c(cc1CCCC1CCCC(CNCC3CCC4OCOC4C3)C1)OCO2. The van der Waals surface area contributed by atoms with E-state index in [0.717, 1.165) is 42.2 Å². The Kier molecular flexibility index (Phi) is 6.78. The first kappa shape index (κ1) is 20.6. The monoisotopic (exact) mass is 415 g/mol. The van der Waals surface area contributed by atoms with Gasteiger partial charge in [-0.15, -0.1) is 0 Å². The predicted molar refractivity (Wildman–Crippen MR) is 116 cm³/mol. The first-order chi connectivity index (χ1) is 14.8. The van der Waals surface area contributed by atoms with Gasteiger partial charge in [-0.3, -0.25) is 0 Å². The second-order valence-corrected chi connectivity index (χ2v) is 9.84. The van der Waals surface area contributed by atoms with E-state index < -0.39 is 0 Å². The summed E-state index contributed by atoms with van der Waals surface area (Å²) in [6, 6.07) is 6.40. The molecule has 0 spiro atoms. The molecule has 5 rings (SSSR count). The van der Waals surface area contributed by atoms with Crippen molar-refractivity contribution in [3.63, 3.8) is 0 Å². The van der Waals surface area contributed by atoms with Crippen LogP contribution in [0.4, 0.5) is 0 Å². The van der Waals surface area contributed by atoms with Crippen LogP contribution >= 0.6 is 0 Å². The van der Waals surface area contributed by atoms with Crippen molar-refractivity contribution in [2.24, 2.45) is 17.8 Å². The quantitative estimate of drug-likeness (QED) is 0.668. The van der Waals surface area contributed by atoms with E-state index in [4.69, 9.17) is 18.9 Å². The summed E-state index contributed by atoms with van der Waals surface area (Å²) in [5.74, 6) is 4.32. The number of rotatable bonds is 8. The highest BCUT2D eigenvalue weighted by Crippen LogP contribution is 2.35. The Hall–Kier alpha value is -1.30. The minimum atomic E-state index is 0.356. The van der Waals surface area contributed by atoms with E-state index >= 15 is 0 Å². The topological polar surface area (TPSA) is 49.0 Å².